The minimum absolute atomic E-state index is 0. The van der Waals surface area contributed by atoms with E-state index in [1.54, 1.807) is 24.1 Å². The van der Waals surface area contributed by atoms with E-state index in [9.17, 15) is 0 Å². The Balaban J connectivity index is 0. The van der Waals surface area contributed by atoms with Gasteiger partial charge >= 0.3 is 143 Å². The van der Waals surface area contributed by atoms with E-state index in [4.69, 9.17) is 0 Å². The van der Waals surface area contributed by atoms with Crippen LogP contribution in [0, 0.1) is 5.92 Å². The Morgan fingerprint density at radius 3 is 2.25 bits per heavy atom. The molecule has 136 valence electrons. The van der Waals surface area contributed by atoms with Gasteiger partial charge in [-0.05, 0) is 0 Å². The van der Waals surface area contributed by atoms with Gasteiger partial charge < -0.3 is 0 Å². The van der Waals surface area contributed by atoms with E-state index >= 15 is 0 Å². The first-order valence-corrected chi connectivity index (χ1v) is 10.7. The van der Waals surface area contributed by atoms with Crippen LogP contribution >= 0.6 is 37.2 Å². The van der Waals surface area contributed by atoms with Gasteiger partial charge in [-0.1, -0.05) is 0 Å². The largest absolute Gasteiger partial charge is 0.147 e. The minimum Gasteiger partial charge on any atom is -0.147 e. The average Bonchev–Trinajstić information content (AvgIpc) is 2.78. The Morgan fingerprint density at radius 2 is 1.71 bits per heavy atom. The smallest absolute Gasteiger partial charge is 0.147 e. The topological polar surface area (TPSA) is 0 Å². The van der Waals surface area contributed by atoms with Crippen LogP contribution in [-0.2, 0) is 24.6 Å². The van der Waals surface area contributed by atoms with E-state index < -0.39 is 0 Å². The van der Waals surface area contributed by atoms with E-state index in [0.29, 0.717) is 0 Å². The molecule has 0 amide bonds. The van der Waals surface area contributed by atoms with E-state index in [0.717, 1.165) is 5.92 Å². The molecule has 0 aliphatic heterocycles. The summed E-state index contributed by atoms with van der Waals surface area (Å²) in [6.07, 6.45) is 5.01. The second kappa shape index (κ2) is 11.3. The normalized spacial score (nSPS) is 15.0. The summed E-state index contributed by atoms with van der Waals surface area (Å²) in [5, 5.41) is 1.68. The van der Waals surface area contributed by atoms with Gasteiger partial charge in [0.15, 0.2) is 0 Å². The van der Waals surface area contributed by atoms with Crippen molar-refractivity contribution in [2.24, 2.45) is 5.92 Å². The number of hydrogen-bond donors (Lipinski definition) is 0. The first-order valence-electron chi connectivity index (χ1n) is 8.11. The molecule has 1 aromatic carbocycles. The standard InChI is InChI=1S/C10H13.C9H15Si.3ClH.Ti/c1-10(2,3)9-7-5-4-6-8-9;1-3-7(2)8-5-4-6-9(8)10;;;;/h4-7H,1-3H3;6-7H,3-4H2,1-2,10H3;3*1H;. The Morgan fingerprint density at radius 1 is 1.12 bits per heavy atom. The molecule has 0 fully saturated rings. The summed E-state index contributed by atoms with van der Waals surface area (Å²) in [4.78, 5) is 0. The quantitative estimate of drug-likeness (QED) is 0.582. The van der Waals surface area contributed by atoms with Crippen molar-refractivity contribution in [2.75, 3.05) is 0 Å². The summed E-state index contributed by atoms with van der Waals surface area (Å²) in [6, 6.07) is 9.14. The molecule has 5 heteroatoms. The van der Waals surface area contributed by atoms with Crippen molar-refractivity contribution in [2.45, 2.75) is 52.9 Å². The summed E-state index contributed by atoms with van der Waals surface area (Å²) >= 11 is -0.179. The van der Waals surface area contributed by atoms with E-state index in [-0.39, 0.29) is 61.8 Å². The molecule has 0 heterocycles. The van der Waals surface area contributed by atoms with Crippen LogP contribution in [0.1, 0.15) is 53.0 Å². The van der Waals surface area contributed by atoms with Gasteiger partial charge in [0, 0.05) is 0 Å². The van der Waals surface area contributed by atoms with Crippen molar-refractivity contribution >= 4 is 51.3 Å². The van der Waals surface area contributed by atoms with Crippen LogP contribution < -0.4 is 3.87 Å². The number of benzene rings is 1. The first-order chi connectivity index (χ1) is 9.84. The van der Waals surface area contributed by atoms with Crippen molar-refractivity contribution in [1.29, 1.82) is 0 Å². The molecule has 2 rings (SSSR count). The molecule has 0 bridgehead atoms. The van der Waals surface area contributed by atoms with Crippen molar-refractivity contribution in [3.8, 4) is 0 Å². The molecule has 1 aliphatic rings. The summed E-state index contributed by atoms with van der Waals surface area (Å²) in [7, 11) is 1.21. The summed E-state index contributed by atoms with van der Waals surface area (Å²) in [6.45, 7) is 11.8. The van der Waals surface area contributed by atoms with Crippen LogP contribution in [0.4, 0.5) is 0 Å². The molecule has 0 saturated heterocycles. The van der Waals surface area contributed by atoms with E-state index in [1.165, 1.54) is 23.1 Å². The SMILES string of the molecule is CCC(C)C1=[C]([Ti][c]2ccccc2C(C)(C)C)CC=C1[SiH3].Cl.Cl.Cl. The zero-order valence-electron chi connectivity index (χ0n) is 15.6. The number of halogens is 3. The van der Waals surface area contributed by atoms with E-state index in [2.05, 4.69) is 65.0 Å². The predicted octanol–water partition coefficient (Wildman–Crippen LogP) is 4.91. The fourth-order valence-corrected chi connectivity index (χ4v) is 7.46. The first kappa shape index (κ1) is 26.7. The molecule has 0 saturated carbocycles. The molecule has 1 aromatic rings. The van der Waals surface area contributed by atoms with Gasteiger partial charge in [0.25, 0.3) is 0 Å². The second-order valence-electron chi connectivity index (χ2n) is 7.21. The predicted molar refractivity (Wildman–Crippen MR) is 116 cm³/mol. The Bertz CT molecular complexity index is 589. The maximum atomic E-state index is 2.51. The molecular weight excluding hydrogens is 411 g/mol. The molecule has 1 unspecified atom stereocenters. The van der Waals surface area contributed by atoms with E-state index in [1.807, 2.05) is 0 Å². The number of allylic oxidation sites excluding steroid dienone is 4. The molecule has 0 aromatic heterocycles. The third kappa shape index (κ3) is 6.34. The fourth-order valence-electron chi connectivity index (χ4n) is 3.13. The number of hydrogen-bond acceptors (Lipinski definition) is 0. The van der Waals surface area contributed by atoms with Gasteiger partial charge in [0.05, 0.1) is 0 Å². The second-order valence-corrected chi connectivity index (χ2v) is 10.5. The molecule has 24 heavy (non-hydrogen) atoms. The fraction of sp³-hybridized carbons (Fsp3) is 0.474. The van der Waals surface area contributed by atoms with Crippen LogP contribution in [0.15, 0.2) is 45.0 Å². The van der Waals surface area contributed by atoms with Crippen LogP contribution in [0.25, 0.3) is 0 Å². The van der Waals surface area contributed by atoms with Gasteiger partial charge in [-0.15, -0.1) is 37.2 Å². The molecule has 0 nitrogen and oxygen atoms in total. The molecular formula is C19H31Cl3SiTi. The van der Waals surface area contributed by atoms with Crippen molar-refractivity contribution < 1.29 is 19.2 Å². The average molecular weight is 442 g/mol. The monoisotopic (exact) mass is 440 g/mol. The van der Waals surface area contributed by atoms with Crippen molar-refractivity contribution in [1.82, 2.24) is 0 Å². The van der Waals surface area contributed by atoms with Crippen molar-refractivity contribution in [3.05, 3.63) is 50.6 Å². The third-order valence-electron chi connectivity index (χ3n) is 4.49. The van der Waals surface area contributed by atoms with Crippen LogP contribution in [0.3, 0.4) is 0 Å². The van der Waals surface area contributed by atoms with Gasteiger partial charge in [-0.25, -0.2) is 0 Å². The van der Waals surface area contributed by atoms with Crippen LogP contribution in [0.5, 0.6) is 0 Å². The molecule has 0 N–H and O–H groups in total. The van der Waals surface area contributed by atoms with Gasteiger partial charge in [-0.2, -0.15) is 0 Å². The van der Waals surface area contributed by atoms with Gasteiger partial charge in [0.1, 0.15) is 0 Å². The maximum Gasteiger partial charge on any atom is -0.147 e. The Kier molecular flexibility index (Phi) is 12.5. The minimum atomic E-state index is -0.179. The molecule has 0 spiro atoms. The Labute approximate surface area is 178 Å². The zero-order valence-corrected chi connectivity index (χ0v) is 21.6. The maximum absolute atomic E-state index is 2.51. The van der Waals surface area contributed by atoms with Gasteiger partial charge in [-0.3, -0.25) is 0 Å². The van der Waals surface area contributed by atoms with Crippen LogP contribution in [-0.4, -0.2) is 10.2 Å². The van der Waals surface area contributed by atoms with Crippen molar-refractivity contribution in [3.63, 3.8) is 0 Å². The van der Waals surface area contributed by atoms with Crippen LogP contribution in [0.2, 0.25) is 0 Å². The molecule has 1 aliphatic carbocycles. The van der Waals surface area contributed by atoms with Gasteiger partial charge in [0.2, 0.25) is 0 Å². The molecule has 1 atom stereocenters. The summed E-state index contributed by atoms with van der Waals surface area (Å²) in [5.41, 5.74) is 3.56. The zero-order chi connectivity index (χ0) is 15.6. The number of rotatable bonds is 4. The molecule has 0 radical (unpaired) electrons. The Hall–Kier alpha value is 0.501. The third-order valence-corrected chi connectivity index (χ3v) is 7.75. The summed E-state index contributed by atoms with van der Waals surface area (Å²) < 4.78 is 3.44. The summed E-state index contributed by atoms with van der Waals surface area (Å²) in [5.74, 6) is 0.747.